The first-order chi connectivity index (χ1) is 13.3. The van der Waals surface area contributed by atoms with Crippen LogP contribution in [0.15, 0.2) is 0 Å². The van der Waals surface area contributed by atoms with Gasteiger partial charge in [0.25, 0.3) is 0 Å². The Morgan fingerprint density at radius 3 is 2.00 bits per heavy atom. The molecule has 0 spiro atoms. The summed E-state index contributed by atoms with van der Waals surface area (Å²) < 4.78 is 9.16. The third kappa shape index (κ3) is 12.3. The Morgan fingerprint density at radius 2 is 1.43 bits per heavy atom. The first-order valence-corrected chi connectivity index (χ1v) is 10.1. The molecule has 0 bridgehead atoms. The Kier molecular flexibility index (Phi) is 14.7. The Balaban J connectivity index is 4.49. The van der Waals surface area contributed by atoms with Crippen LogP contribution in [0.5, 0.6) is 0 Å². The number of methoxy groups -OCH3 is 2. The van der Waals surface area contributed by atoms with E-state index in [1.165, 1.54) is 46.8 Å². The Morgan fingerprint density at radius 1 is 0.821 bits per heavy atom. The molecule has 0 aromatic heterocycles. The second kappa shape index (κ2) is 15.9. The van der Waals surface area contributed by atoms with E-state index in [0.29, 0.717) is 6.42 Å². The number of ether oxygens (including phenoxy) is 2. The van der Waals surface area contributed by atoms with Gasteiger partial charge in [-0.1, -0.05) is 45.4 Å². The zero-order chi connectivity index (χ0) is 21.4. The van der Waals surface area contributed by atoms with E-state index in [4.69, 9.17) is 0 Å². The van der Waals surface area contributed by atoms with Crippen molar-refractivity contribution in [2.24, 2.45) is 0 Å². The molecule has 0 fully saturated rings. The van der Waals surface area contributed by atoms with Crippen LogP contribution in [0.4, 0.5) is 0 Å². The monoisotopic (exact) mass is 400 g/mol. The van der Waals surface area contributed by atoms with E-state index in [-0.39, 0.29) is 18.7 Å². The van der Waals surface area contributed by atoms with Crippen molar-refractivity contribution < 1.29 is 28.7 Å². The van der Waals surface area contributed by atoms with E-state index in [2.05, 4.69) is 27.0 Å². The van der Waals surface area contributed by atoms with Crippen molar-refractivity contribution in [1.29, 1.82) is 0 Å². The molecule has 0 aliphatic heterocycles. The summed E-state index contributed by atoms with van der Waals surface area (Å²) in [5.74, 6) is -1.84. The van der Waals surface area contributed by atoms with E-state index in [1.807, 2.05) is 0 Å². The third-order valence-corrected chi connectivity index (χ3v) is 4.44. The highest BCUT2D eigenvalue weighted by molar-refractivity contribution is 5.90. The summed E-state index contributed by atoms with van der Waals surface area (Å²) in [7, 11) is 2.49. The van der Waals surface area contributed by atoms with Crippen molar-refractivity contribution in [3.8, 4) is 0 Å². The van der Waals surface area contributed by atoms with Gasteiger partial charge in [0, 0.05) is 12.8 Å². The highest BCUT2D eigenvalue weighted by Gasteiger charge is 2.25. The molecule has 0 aliphatic carbocycles. The molecule has 28 heavy (non-hydrogen) atoms. The minimum atomic E-state index is -0.914. The number of carbonyl (C=O) groups is 4. The third-order valence-electron chi connectivity index (χ3n) is 4.44. The molecule has 0 aromatic rings. The largest absolute Gasteiger partial charge is 0.469 e. The Bertz CT molecular complexity index is 495. The van der Waals surface area contributed by atoms with E-state index < -0.39 is 29.9 Å². The minimum absolute atomic E-state index is 0.0150. The van der Waals surface area contributed by atoms with Gasteiger partial charge < -0.3 is 20.1 Å². The fraction of sp³-hybridized carbons (Fsp3) is 0.800. The van der Waals surface area contributed by atoms with Crippen LogP contribution in [0.25, 0.3) is 0 Å². The van der Waals surface area contributed by atoms with Crippen LogP contribution in [0, 0.1) is 0 Å². The summed E-state index contributed by atoms with van der Waals surface area (Å²) in [5, 5.41) is 5.15. The lowest BCUT2D eigenvalue weighted by atomic mass is 10.1. The number of hydrogen-bond donors (Lipinski definition) is 2. The number of unbranched alkanes of at least 4 members (excludes halogenated alkanes) is 6. The van der Waals surface area contributed by atoms with Crippen molar-refractivity contribution in [2.75, 3.05) is 14.2 Å². The highest BCUT2D eigenvalue weighted by Crippen LogP contribution is 2.09. The lowest BCUT2D eigenvalue weighted by Gasteiger charge is -2.20. The average Bonchev–Trinajstić information content (AvgIpc) is 2.69. The summed E-state index contributed by atoms with van der Waals surface area (Å²) >= 11 is 0. The topological polar surface area (TPSA) is 111 Å². The Labute approximate surface area is 168 Å². The first kappa shape index (κ1) is 25.9. The summed E-state index contributed by atoms with van der Waals surface area (Å²) in [6, 6.07) is -1.76. The van der Waals surface area contributed by atoms with Crippen LogP contribution < -0.4 is 10.6 Å². The van der Waals surface area contributed by atoms with Crippen LogP contribution in [0.2, 0.25) is 0 Å². The van der Waals surface area contributed by atoms with Crippen molar-refractivity contribution in [2.45, 2.75) is 90.1 Å². The van der Waals surface area contributed by atoms with Gasteiger partial charge in [-0.2, -0.15) is 0 Å². The molecule has 162 valence electrons. The van der Waals surface area contributed by atoms with Gasteiger partial charge in [0.1, 0.15) is 12.1 Å². The zero-order valence-corrected chi connectivity index (χ0v) is 17.7. The molecule has 8 nitrogen and oxygen atoms in total. The number of hydrogen-bond acceptors (Lipinski definition) is 6. The van der Waals surface area contributed by atoms with E-state index in [0.717, 1.165) is 19.3 Å². The molecule has 0 aliphatic rings. The standard InChI is InChI=1S/C20H36N2O6/c1-5-6-7-8-9-10-11-12-17(23)22-16(13-14-18(24)27-3)19(25)21-15(2)20(26)28-4/h15-16H,5-14H2,1-4H3,(H,21,25)(H,22,23)/t15-,16-/m0/s1. The molecule has 0 unspecified atom stereocenters. The predicted molar refractivity (Wildman–Crippen MR) is 105 cm³/mol. The molecule has 0 heterocycles. The van der Waals surface area contributed by atoms with Gasteiger partial charge in [0.05, 0.1) is 14.2 Å². The number of amides is 2. The SMILES string of the molecule is CCCCCCCCCC(=O)N[C@@H](CCC(=O)OC)C(=O)N[C@@H](C)C(=O)OC. The van der Waals surface area contributed by atoms with Crippen molar-refractivity contribution >= 4 is 23.8 Å². The molecule has 0 saturated heterocycles. The van der Waals surface area contributed by atoms with Crippen LogP contribution >= 0.6 is 0 Å². The normalized spacial score (nSPS) is 12.6. The van der Waals surface area contributed by atoms with Gasteiger partial charge in [-0.25, -0.2) is 4.79 Å². The summed E-state index contributed by atoms with van der Waals surface area (Å²) in [5.41, 5.74) is 0. The van der Waals surface area contributed by atoms with E-state index in [9.17, 15) is 19.2 Å². The summed E-state index contributed by atoms with van der Waals surface area (Å²) in [4.78, 5) is 47.4. The van der Waals surface area contributed by atoms with Gasteiger partial charge in [0.2, 0.25) is 11.8 Å². The van der Waals surface area contributed by atoms with Crippen molar-refractivity contribution in [3.05, 3.63) is 0 Å². The van der Waals surface area contributed by atoms with Crippen LogP contribution in [0.3, 0.4) is 0 Å². The fourth-order valence-electron chi connectivity index (χ4n) is 2.69. The van der Waals surface area contributed by atoms with Gasteiger partial charge in [-0.05, 0) is 19.8 Å². The number of esters is 2. The maximum atomic E-state index is 12.4. The number of carbonyl (C=O) groups excluding carboxylic acids is 4. The second-order valence-electron chi connectivity index (χ2n) is 6.86. The highest BCUT2D eigenvalue weighted by atomic mass is 16.5. The number of nitrogens with one attached hydrogen (secondary N) is 2. The molecular weight excluding hydrogens is 364 g/mol. The predicted octanol–water partition coefficient (Wildman–Crippen LogP) is 2.24. The van der Waals surface area contributed by atoms with Crippen molar-refractivity contribution in [3.63, 3.8) is 0 Å². The molecule has 0 aromatic carbocycles. The molecule has 0 rings (SSSR count). The first-order valence-electron chi connectivity index (χ1n) is 10.1. The van der Waals surface area contributed by atoms with E-state index in [1.54, 1.807) is 0 Å². The van der Waals surface area contributed by atoms with Gasteiger partial charge in [-0.3, -0.25) is 14.4 Å². The quantitative estimate of drug-likeness (QED) is 0.322. The minimum Gasteiger partial charge on any atom is -0.469 e. The average molecular weight is 401 g/mol. The van der Waals surface area contributed by atoms with Gasteiger partial charge in [0.15, 0.2) is 0 Å². The molecule has 2 amide bonds. The molecular formula is C20H36N2O6. The molecule has 0 radical (unpaired) electrons. The summed E-state index contributed by atoms with van der Waals surface area (Å²) in [6.45, 7) is 3.66. The van der Waals surface area contributed by atoms with Gasteiger partial charge in [-0.15, -0.1) is 0 Å². The molecule has 0 saturated carbocycles. The maximum Gasteiger partial charge on any atom is 0.328 e. The Hall–Kier alpha value is -2.12. The van der Waals surface area contributed by atoms with Crippen LogP contribution in [-0.2, 0) is 28.7 Å². The van der Waals surface area contributed by atoms with Crippen molar-refractivity contribution in [1.82, 2.24) is 10.6 Å². The van der Waals surface area contributed by atoms with Crippen LogP contribution in [-0.4, -0.2) is 50.1 Å². The molecule has 2 N–H and O–H groups in total. The van der Waals surface area contributed by atoms with E-state index >= 15 is 0 Å². The molecule has 8 heteroatoms. The summed E-state index contributed by atoms with van der Waals surface area (Å²) in [6.07, 6.45) is 8.04. The fourth-order valence-corrected chi connectivity index (χ4v) is 2.69. The number of rotatable bonds is 15. The smallest absolute Gasteiger partial charge is 0.328 e. The lowest BCUT2D eigenvalue weighted by Crippen LogP contribution is -2.51. The van der Waals surface area contributed by atoms with Gasteiger partial charge >= 0.3 is 11.9 Å². The molecule has 2 atom stereocenters. The van der Waals surface area contributed by atoms with Crippen LogP contribution in [0.1, 0.15) is 78.1 Å². The zero-order valence-electron chi connectivity index (χ0n) is 17.7. The lowest BCUT2D eigenvalue weighted by molar-refractivity contribution is -0.145. The second-order valence-corrected chi connectivity index (χ2v) is 6.86. The maximum absolute atomic E-state index is 12.4.